The van der Waals surface area contributed by atoms with Crippen molar-refractivity contribution in [2.75, 3.05) is 21.2 Å². The minimum atomic E-state index is -0.753. The van der Waals surface area contributed by atoms with Gasteiger partial charge < -0.3 is 14.7 Å². The molecule has 1 N–H and O–H groups in total. The normalized spacial score (nSPS) is 14.2. The van der Waals surface area contributed by atoms with Crippen LogP contribution >= 0.6 is 0 Å². The van der Waals surface area contributed by atoms with Gasteiger partial charge in [0.2, 0.25) is 0 Å². The summed E-state index contributed by atoms with van der Waals surface area (Å²) in [5, 5.41) is 9.06. The van der Waals surface area contributed by atoms with Crippen LogP contribution in [0.15, 0.2) is 18.2 Å². The molecular formula is C15H23NO3. The molecule has 0 radical (unpaired) electrons. The Labute approximate surface area is 115 Å². The number of methoxy groups -OCH3 is 1. The number of ether oxygens (including phenoxy) is 1. The second-order valence-electron chi connectivity index (χ2n) is 5.18. The van der Waals surface area contributed by atoms with Crippen molar-refractivity contribution in [2.24, 2.45) is 5.92 Å². The third-order valence-corrected chi connectivity index (χ3v) is 3.43. The zero-order valence-electron chi connectivity index (χ0n) is 12.3. The average Bonchev–Trinajstić information content (AvgIpc) is 2.34. The fourth-order valence-electron chi connectivity index (χ4n) is 2.19. The molecule has 19 heavy (non-hydrogen) atoms. The minimum absolute atomic E-state index is 0.0932. The number of nitrogens with zero attached hydrogens (tertiary/aromatic N) is 1. The first-order chi connectivity index (χ1) is 8.86. The van der Waals surface area contributed by atoms with E-state index < -0.39 is 5.97 Å². The summed E-state index contributed by atoms with van der Waals surface area (Å²) < 4.78 is 5.25. The molecule has 0 bridgehead atoms. The van der Waals surface area contributed by atoms with Crippen molar-refractivity contribution < 1.29 is 14.6 Å². The van der Waals surface area contributed by atoms with Crippen molar-refractivity contribution in [2.45, 2.75) is 26.3 Å². The van der Waals surface area contributed by atoms with E-state index in [0.717, 1.165) is 16.9 Å². The molecule has 1 rings (SSSR count). The van der Waals surface area contributed by atoms with Crippen molar-refractivity contribution in [3.05, 3.63) is 29.3 Å². The van der Waals surface area contributed by atoms with Crippen LogP contribution in [0, 0.1) is 12.8 Å². The first-order valence-electron chi connectivity index (χ1n) is 6.40. The van der Waals surface area contributed by atoms with E-state index in [2.05, 4.69) is 11.0 Å². The second kappa shape index (κ2) is 6.57. The molecule has 1 aromatic carbocycles. The van der Waals surface area contributed by atoms with E-state index >= 15 is 0 Å². The number of hydrogen-bond donors (Lipinski definition) is 1. The third kappa shape index (κ3) is 3.96. The van der Waals surface area contributed by atoms with E-state index in [1.807, 2.05) is 33.2 Å². The molecule has 106 valence electrons. The van der Waals surface area contributed by atoms with Crippen molar-refractivity contribution >= 4 is 5.97 Å². The van der Waals surface area contributed by atoms with Crippen LogP contribution in [0.3, 0.4) is 0 Å². The molecule has 0 aliphatic rings. The van der Waals surface area contributed by atoms with Gasteiger partial charge >= 0.3 is 5.97 Å². The number of rotatable bonds is 6. The van der Waals surface area contributed by atoms with Crippen LogP contribution in [0.25, 0.3) is 0 Å². The van der Waals surface area contributed by atoms with Gasteiger partial charge in [-0.1, -0.05) is 19.1 Å². The molecule has 0 saturated heterocycles. The molecule has 0 aliphatic heterocycles. The molecular weight excluding hydrogens is 242 g/mol. The van der Waals surface area contributed by atoms with Gasteiger partial charge in [-0.05, 0) is 44.6 Å². The molecule has 0 saturated carbocycles. The Kier molecular flexibility index (Phi) is 5.36. The molecule has 2 unspecified atom stereocenters. The summed E-state index contributed by atoms with van der Waals surface area (Å²) in [7, 11) is 5.59. The fraction of sp³-hybridized carbons (Fsp3) is 0.533. The summed E-state index contributed by atoms with van der Waals surface area (Å²) in [6, 6.07) is 6.10. The molecule has 4 nitrogen and oxygen atoms in total. The number of aliphatic carboxylic acids is 1. The van der Waals surface area contributed by atoms with Gasteiger partial charge in [-0.2, -0.15) is 0 Å². The Balaban J connectivity index is 2.99. The lowest BCUT2D eigenvalue weighted by Gasteiger charge is -2.27. The van der Waals surface area contributed by atoms with E-state index in [9.17, 15) is 4.79 Å². The van der Waals surface area contributed by atoms with Gasteiger partial charge in [0.15, 0.2) is 0 Å². The van der Waals surface area contributed by atoms with Crippen LogP contribution in [-0.2, 0) is 4.79 Å². The Morgan fingerprint density at radius 1 is 1.42 bits per heavy atom. The standard InChI is InChI=1S/C15H23NO3/c1-10-8-12(6-7-14(10)19-5)13(16(3)4)9-11(2)15(17)18/h6-8,11,13H,9H2,1-5H3,(H,17,18). The van der Waals surface area contributed by atoms with Crippen LogP contribution in [0.2, 0.25) is 0 Å². The van der Waals surface area contributed by atoms with Crippen molar-refractivity contribution in [3.63, 3.8) is 0 Å². The lowest BCUT2D eigenvalue weighted by molar-refractivity contribution is -0.141. The fourth-order valence-corrected chi connectivity index (χ4v) is 2.19. The van der Waals surface area contributed by atoms with Gasteiger partial charge in [0, 0.05) is 6.04 Å². The Hall–Kier alpha value is -1.55. The maximum atomic E-state index is 11.0. The van der Waals surface area contributed by atoms with Crippen LogP contribution in [0.4, 0.5) is 0 Å². The molecule has 4 heteroatoms. The number of carboxylic acid groups (broad SMARTS) is 1. The first-order valence-corrected chi connectivity index (χ1v) is 6.40. The van der Waals surface area contributed by atoms with Gasteiger partial charge in [-0.3, -0.25) is 4.79 Å². The summed E-state index contributed by atoms with van der Waals surface area (Å²) in [5.74, 6) is -0.264. The molecule has 1 aromatic rings. The maximum absolute atomic E-state index is 11.0. The van der Waals surface area contributed by atoms with Crippen molar-refractivity contribution in [3.8, 4) is 5.75 Å². The second-order valence-corrected chi connectivity index (χ2v) is 5.18. The van der Waals surface area contributed by atoms with Crippen molar-refractivity contribution in [1.29, 1.82) is 0 Å². The van der Waals surface area contributed by atoms with Gasteiger partial charge in [0.25, 0.3) is 0 Å². The minimum Gasteiger partial charge on any atom is -0.496 e. The molecule has 0 heterocycles. The Morgan fingerprint density at radius 3 is 2.47 bits per heavy atom. The number of carbonyl (C=O) groups is 1. The van der Waals surface area contributed by atoms with E-state index in [0.29, 0.717) is 6.42 Å². The highest BCUT2D eigenvalue weighted by atomic mass is 16.5. The molecule has 0 spiro atoms. The van der Waals surface area contributed by atoms with Gasteiger partial charge in [0.05, 0.1) is 13.0 Å². The average molecular weight is 265 g/mol. The largest absolute Gasteiger partial charge is 0.496 e. The maximum Gasteiger partial charge on any atom is 0.306 e. The number of hydrogen-bond acceptors (Lipinski definition) is 3. The molecule has 2 atom stereocenters. The topological polar surface area (TPSA) is 49.8 Å². The number of aryl methyl sites for hydroxylation is 1. The van der Waals surface area contributed by atoms with Crippen LogP contribution in [0.1, 0.15) is 30.5 Å². The predicted octanol–water partition coefficient (Wildman–Crippen LogP) is 2.72. The quantitative estimate of drug-likeness (QED) is 0.859. The van der Waals surface area contributed by atoms with E-state index in [1.54, 1.807) is 14.0 Å². The lowest BCUT2D eigenvalue weighted by Crippen LogP contribution is -2.24. The molecule has 0 aromatic heterocycles. The summed E-state index contributed by atoms with van der Waals surface area (Å²) in [4.78, 5) is 13.1. The lowest BCUT2D eigenvalue weighted by atomic mass is 9.94. The van der Waals surface area contributed by atoms with E-state index in [4.69, 9.17) is 9.84 Å². The van der Waals surface area contributed by atoms with Crippen LogP contribution in [-0.4, -0.2) is 37.2 Å². The van der Waals surface area contributed by atoms with Crippen LogP contribution < -0.4 is 4.74 Å². The van der Waals surface area contributed by atoms with E-state index in [1.165, 1.54) is 0 Å². The number of benzene rings is 1. The Bertz CT molecular complexity index is 443. The van der Waals surface area contributed by atoms with Gasteiger partial charge in [-0.25, -0.2) is 0 Å². The first kappa shape index (κ1) is 15.5. The molecule has 0 fully saturated rings. The summed E-state index contributed by atoms with van der Waals surface area (Å²) in [6.45, 7) is 3.74. The van der Waals surface area contributed by atoms with Crippen molar-refractivity contribution in [1.82, 2.24) is 4.90 Å². The van der Waals surface area contributed by atoms with Crippen LogP contribution in [0.5, 0.6) is 5.75 Å². The van der Waals surface area contributed by atoms with Gasteiger partial charge in [-0.15, -0.1) is 0 Å². The monoisotopic (exact) mass is 265 g/mol. The van der Waals surface area contributed by atoms with E-state index in [-0.39, 0.29) is 12.0 Å². The SMILES string of the molecule is COc1ccc(C(CC(C)C(=O)O)N(C)C)cc1C. The third-order valence-electron chi connectivity index (χ3n) is 3.43. The molecule has 0 aliphatic carbocycles. The number of carboxylic acids is 1. The zero-order valence-corrected chi connectivity index (χ0v) is 12.3. The van der Waals surface area contributed by atoms with Gasteiger partial charge in [0.1, 0.15) is 5.75 Å². The summed E-state index contributed by atoms with van der Waals surface area (Å²) >= 11 is 0. The predicted molar refractivity (Wildman–Crippen MR) is 75.6 cm³/mol. The smallest absolute Gasteiger partial charge is 0.306 e. The summed E-state index contributed by atoms with van der Waals surface area (Å²) in [5.41, 5.74) is 2.19. The zero-order chi connectivity index (χ0) is 14.6. The Morgan fingerprint density at radius 2 is 2.05 bits per heavy atom. The highest BCUT2D eigenvalue weighted by Gasteiger charge is 2.21. The summed E-state index contributed by atoms with van der Waals surface area (Å²) in [6.07, 6.45) is 0.591. The highest BCUT2D eigenvalue weighted by Crippen LogP contribution is 2.29. The highest BCUT2D eigenvalue weighted by molar-refractivity contribution is 5.69. The molecule has 0 amide bonds.